The molecule has 12 heavy (non-hydrogen) atoms. The van der Waals surface area contributed by atoms with Crippen molar-refractivity contribution in [3.8, 4) is 0 Å². The van der Waals surface area contributed by atoms with Gasteiger partial charge in [0.05, 0.1) is 5.41 Å². The first-order valence-corrected chi connectivity index (χ1v) is 3.93. The third kappa shape index (κ3) is 1.62. The quantitative estimate of drug-likeness (QED) is 0.610. The van der Waals surface area contributed by atoms with Crippen LogP contribution in [0.4, 0.5) is 13.2 Å². The lowest BCUT2D eigenvalue weighted by molar-refractivity contribution is -0.191. The van der Waals surface area contributed by atoms with Gasteiger partial charge in [-0.1, -0.05) is 6.92 Å². The summed E-state index contributed by atoms with van der Waals surface area (Å²) in [5, 5.41) is 0. The average molecular weight is 180 g/mol. The zero-order chi connectivity index (χ0) is 9.41. The largest absolute Gasteiger partial charge is 0.394 e. The monoisotopic (exact) mass is 180 g/mol. The zero-order valence-corrected chi connectivity index (χ0v) is 6.82. The first kappa shape index (κ1) is 9.55. The molecule has 0 aromatic carbocycles. The van der Waals surface area contributed by atoms with Gasteiger partial charge in [-0.05, 0) is 19.3 Å². The molecule has 4 heteroatoms. The van der Waals surface area contributed by atoms with Crippen molar-refractivity contribution in [1.82, 2.24) is 0 Å². The predicted octanol–water partition coefficient (Wildman–Crippen LogP) is 2.55. The van der Waals surface area contributed by atoms with Gasteiger partial charge in [0.2, 0.25) is 0 Å². The maximum Gasteiger partial charge on any atom is 0.394 e. The van der Waals surface area contributed by atoms with Crippen LogP contribution in [0.2, 0.25) is 0 Å². The third-order valence-electron chi connectivity index (χ3n) is 2.40. The number of halogens is 3. The van der Waals surface area contributed by atoms with Gasteiger partial charge in [-0.15, -0.1) is 0 Å². The van der Waals surface area contributed by atoms with E-state index in [0.717, 1.165) is 0 Å². The van der Waals surface area contributed by atoms with E-state index in [-0.39, 0.29) is 19.3 Å². The summed E-state index contributed by atoms with van der Waals surface area (Å²) in [6.07, 6.45) is -3.19. The maximum atomic E-state index is 12.3. The van der Waals surface area contributed by atoms with E-state index >= 15 is 0 Å². The second-order valence-electron chi connectivity index (χ2n) is 3.60. The van der Waals surface area contributed by atoms with Gasteiger partial charge in [-0.2, -0.15) is 13.2 Å². The first-order chi connectivity index (χ1) is 5.41. The van der Waals surface area contributed by atoms with Crippen molar-refractivity contribution in [1.29, 1.82) is 0 Å². The SMILES string of the molecule is CC(C=O)CC1(C(F)(F)F)CC1. The van der Waals surface area contributed by atoms with Gasteiger partial charge in [-0.25, -0.2) is 0 Å². The molecular formula is C8H11F3O. The van der Waals surface area contributed by atoms with Crippen LogP contribution in [0.25, 0.3) is 0 Å². The Morgan fingerprint density at radius 1 is 1.50 bits per heavy atom. The van der Waals surface area contributed by atoms with E-state index in [1.54, 1.807) is 0 Å². The Morgan fingerprint density at radius 3 is 2.25 bits per heavy atom. The lowest BCUT2D eigenvalue weighted by atomic mass is 9.93. The van der Waals surface area contributed by atoms with Crippen LogP contribution in [0.1, 0.15) is 26.2 Å². The van der Waals surface area contributed by atoms with Gasteiger partial charge in [0.15, 0.2) is 0 Å². The Hall–Kier alpha value is -0.540. The molecule has 1 atom stereocenters. The van der Waals surface area contributed by atoms with E-state index < -0.39 is 17.5 Å². The van der Waals surface area contributed by atoms with Crippen LogP contribution < -0.4 is 0 Å². The topological polar surface area (TPSA) is 17.1 Å². The Labute approximate surface area is 68.9 Å². The van der Waals surface area contributed by atoms with Gasteiger partial charge in [0.1, 0.15) is 6.29 Å². The number of hydrogen-bond acceptors (Lipinski definition) is 1. The minimum atomic E-state index is -4.12. The third-order valence-corrected chi connectivity index (χ3v) is 2.40. The fourth-order valence-corrected chi connectivity index (χ4v) is 1.42. The molecule has 1 unspecified atom stereocenters. The van der Waals surface area contributed by atoms with Gasteiger partial charge in [0, 0.05) is 5.92 Å². The molecule has 0 aromatic rings. The average Bonchev–Trinajstić information content (AvgIpc) is 2.67. The summed E-state index contributed by atoms with van der Waals surface area (Å²) >= 11 is 0. The number of hydrogen-bond donors (Lipinski definition) is 0. The molecule has 1 aliphatic rings. The van der Waals surface area contributed by atoms with Crippen LogP contribution in [-0.2, 0) is 4.79 Å². The second kappa shape index (κ2) is 2.75. The summed E-state index contributed by atoms with van der Waals surface area (Å²) < 4.78 is 36.8. The molecule has 0 aromatic heterocycles. The lowest BCUT2D eigenvalue weighted by Crippen LogP contribution is -2.26. The van der Waals surface area contributed by atoms with E-state index in [4.69, 9.17) is 0 Å². The van der Waals surface area contributed by atoms with Crippen molar-refractivity contribution in [3.63, 3.8) is 0 Å². The number of carbonyl (C=O) groups excluding carboxylic acids is 1. The minimum absolute atomic E-state index is 0.0417. The highest BCUT2D eigenvalue weighted by molar-refractivity contribution is 5.53. The van der Waals surface area contributed by atoms with E-state index in [2.05, 4.69) is 0 Å². The maximum absolute atomic E-state index is 12.3. The lowest BCUT2D eigenvalue weighted by Gasteiger charge is -2.20. The van der Waals surface area contributed by atoms with E-state index in [0.29, 0.717) is 6.29 Å². The number of rotatable bonds is 3. The number of aldehydes is 1. The summed E-state index contributed by atoms with van der Waals surface area (Å²) in [6.45, 7) is 1.53. The highest BCUT2D eigenvalue weighted by atomic mass is 19.4. The molecule has 70 valence electrons. The summed E-state index contributed by atoms with van der Waals surface area (Å²) in [5.41, 5.74) is -1.52. The smallest absolute Gasteiger partial charge is 0.303 e. The molecule has 1 aliphatic carbocycles. The molecule has 0 aliphatic heterocycles. The molecule has 0 spiro atoms. The highest BCUT2D eigenvalue weighted by Gasteiger charge is 2.62. The Balaban J connectivity index is 2.56. The zero-order valence-electron chi connectivity index (χ0n) is 6.82. The second-order valence-corrected chi connectivity index (χ2v) is 3.60. The van der Waals surface area contributed by atoms with Crippen molar-refractivity contribution in [3.05, 3.63) is 0 Å². The van der Waals surface area contributed by atoms with Gasteiger partial charge in [-0.3, -0.25) is 0 Å². The van der Waals surface area contributed by atoms with Crippen LogP contribution in [0.3, 0.4) is 0 Å². The van der Waals surface area contributed by atoms with Gasteiger partial charge in [0.25, 0.3) is 0 Å². The van der Waals surface area contributed by atoms with E-state index in [1.165, 1.54) is 6.92 Å². The summed E-state index contributed by atoms with van der Waals surface area (Å²) in [5.74, 6) is -0.478. The predicted molar refractivity (Wildman–Crippen MR) is 37.6 cm³/mol. The standard InChI is InChI=1S/C8H11F3O/c1-6(5-12)4-7(2-3-7)8(9,10)11/h5-6H,2-4H2,1H3. The van der Waals surface area contributed by atoms with Crippen LogP contribution in [-0.4, -0.2) is 12.5 Å². The summed E-state index contributed by atoms with van der Waals surface area (Å²) in [7, 11) is 0. The van der Waals surface area contributed by atoms with E-state index in [1.807, 2.05) is 0 Å². The fourth-order valence-electron chi connectivity index (χ4n) is 1.42. The molecule has 0 saturated heterocycles. The summed E-state index contributed by atoms with van der Waals surface area (Å²) in [6, 6.07) is 0. The van der Waals surface area contributed by atoms with Crippen LogP contribution in [0.15, 0.2) is 0 Å². The molecule has 0 N–H and O–H groups in total. The molecule has 1 rings (SSSR count). The molecule has 1 nitrogen and oxygen atoms in total. The van der Waals surface area contributed by atoms with Gasteiger partial charge >= 0.3 is 6.18 Å². The van der Waals surface area contributed by atoms with Crippen molar-refractivity contribution in [2.45, 2.75) is 32.4 Å². The minimum Gasteiger partial charge on any atom is -0.303 e. The molecular weight excluding hydrogens is 169 g/mol. The summed E-state index contributed by atoms with van der Waals surface area (Å²) in [4.78, 5) is 10.2. The highest BCUT2D eigenvalue weighted by Crippen LogP contribution is 2.60. The fraction of sp³-hybridized carbons (Fsp3) is 0.875. The number of alkyl halides is 3. The molecule has 1 saturated carbocycles. The Kier molecular flexibility index (Phi) is 2.19. The molecule has 0 amide bonds. The molecule has 0 bridgehead atoms. The Morgan fingerprint density at radius 2 is 2.00 bits per heavy atom. The van der Waals surface area contributed by atoms with Crippen LogP contribution >= 0.6 is 0 Å². The van der Waals surface area contributed by atoms with Crippen molar-refractivity contribution in [2.75, 3.05) is 0 Å². The van der Waals surface area contributed by atoms with E-state index in [9.17, 15) is 18.0 Å². The van der Waals surface area contributed by atoms with Crippen molar-refractivity contribution in [2.24, 2.45) is 11.3 Å². The Bertz CT molecular complexity index is 181. The van der Waals surface area contributed by atoms with Gasteiger partial charge < -0.3 is 4.79 Å². The molecule has 1 fully saturated rings. The molecule has 0 radical (unpaired) electrons. The van der Waals surface area contributed by atoms with Crippen LogP contribution in [0, 0.1) is 11.3 Å². The first-order valence-electron chi connectivity index (χ1n) is 3.93. The van der Waals surface area contributed by atoms with Crippen LogP contribution in [0.5, 0.6) is 0 Å². The molecule has 0 heterocycles. The normalized spacial score (nSPS) is 23.3. The van der Waals surface area contributed by atoms with Crippen molar-refractivity contribution < 1.29 is 18.0 Å². The van der Waals surface area contributed by atoms with Crippen molar-refractivity contribution >= 4 is 6.29 Å². The number of carbonyl (C=O) groups is 1.